The number of hydrogen-bond acceptors (Lipinski definition) is 3. The highest BCUT2D eigenvalue weighted by Gasteiger charge is 2.26. The highest BCUT2D eigenvalue weighted by atomic mass is 16.6. The Balaban J connectivity index is 2.01. The van der Waals surface area contributed by atoms with E-state index in [1.165, 1.54) is 18.4 Å². The van der Waals surface area contributed by atoms with Gasteiger partial charge in [0.25, 0.3) is 0 Å². The van der Waals surface area contributed by atoms with Crippen LogP contribution in [-0.4, -0.2) is 5.91 Å². The molecule has 2 rings (SSSR count). The molecule has 0 aromatic heterocycles. The first kappa shape index (κ1) is 11.9. The van der Waals surface area contributed by atoms with E-state index in [1.54, 1.807) is 6.92 Å². The first-order valence-corrected chi connectivity index (χ1v) is 6.00. The molecule has 0 unspecified atom stereocenters. The van der Waals surface area contributed by atoms with Gasteiger partial charge in [-0.3, -0.25) is 9.63 Å². The summed E-state index contributed by atoms with van der Waals surface area (Å²) in [5.41, 5.74) is 11.3. The van der Waals surface area contributed by atoms with Crippen LogP contribution in [-0.2, 0) is 16.2 Å². The zero-order valence-corrected chi connectivity index (χ0v) is 10.0. The van der Waals surface area contributed by atoms with Gasteiger partial charge in [0.05, 0.1) is 0 Å². The molecule has 0 heterocycles. The molecule has 4 nitrogen and oxygen atoms in total. The monoisotopic (exact) mass is 234 g/mol. The van der Waals surface area contributed by atoms with Crippen LogP contribution < -0.4 is 11.2 Å². The lowest BCUT2D eigenvalue weighted by atomic mass is 10.0. The number of nitrogen functional groups attached to an aromatic ring is 1. The van der Waals surface area contributed by atoms with Crippen molar-refractivity contribution in [3.8, 4) is 0 Å². The van der Waals surface area contributed by atoms with Crippen molar-refractivity contribution >= 4 is 11.6 Å². The van der Waals surface area contributed by atoms with E-state index in [0.717, 1.165) is 11.3 Å². The van der Waals surface area contributed by atoms with Crippen LogP contribution in [0.15, 0.2) is 18.2 Å². The number of nitrogens with one attached hydrogen (secondary N) is 1. The van der Waals surface area contributed by atoms with Crippen LogP contribution in [0, 0.1) is 0 Å². The van der Waals surface area contributed by atoms with Crippen LogP contribution in [0.2, 0.25) is 0 Å². The van der Waals surface area contributed by atoms with Crippen molar-refractivity contribution in [2.75, 3.05) is 5.73 Å². The predicted octanol–water partition coefficient (Wildman–Crippen LogP) is 2.10. The largest absolute Gasteiger partial charge is 0.398 e. The van der Waals surface area contributed by atoms with Crippen LogP contribution >= 0.6 is 0 Å². The molecule has 1 aromatic carbocycles. The summed E-state index contributed by atoms with van der Waals surface area (Å²) in [6, 6.07) is 5.93. The van der Waals surface area contributed by atoms with Crippen molar-refractivity contribution < 1.29 is 9.63 Å². The van der Waals surface area contributed by atoms with Crippen LogP contribution in [0.5, 0.6) is 0 Å². The van der Waals surface area contributed by atoms with Gasteiger partial charge in [0.15, 0.2) is 0 Å². The summed E-state index contributed by atoms with van der Waals surface area (Å²) >= 11 is 0. The molecule has 1 amide bonds. The molecular weight excluding hydrogens is 216 g/mol. The molecule has 92 valence electrons. The van der Waals surface area contributed by atoms with Crippen molar-refractivity contribution in [1.82, 2.24) is 5.48 Å². The highest BCUT2D eigenvalue weighted by Crippen LogP contribution is 2.42. The van der Waals surface area contributed by atoms with Gasteiger partial charge >= 0.3 is 0 Å². The highest BCUT2D eigenvalue weighted by molar-refractivity contribution is 5.74. The van der Waals surface area contributed by atoms with E-state index in [9.17, 15) is 4.79 Å². The minimum Gasteiger partial charge on any atom is -0.398 e. The average molecular weight is 234 g/mol. The van der Waals surface area contributed by atoms with Gasteiger partial charge in [0.2, 0.25) is 5.91 Å². The summed E-state index contributed by atoms with van der Waals surface area (Å²) < 4.78 is 0. The van der Waals surface area contributed by atoms with E-state index in [4.69, 9.17) is 10.6 Å². The van der Waals surface area contributed by atoms with Gasteiger partial charge in [-0.25, -0.2) is 5.48 Å². The molecule has 1 saturated carbocycles. The third-order valence-electron chi connectivity index (χ3n) is 2.99. The van der Waals surface area contributed by atoms with Gasteiger partial charge in [-0.15, -0.1) is 0 Å². The summed E-state index contributed by atoms with van der Waals surface area (Å²) in [6.45, 7) is 2.12. The van der Waals surface area contributed by atoms with Gasteiger partial charge in [-0.2, -0.15) is 0 Å². The van der Waals surface area contributed by atoms with Crippen LogP contribution in [0.25, 0.3) is 0 Å². The zero-order chi connectivity index (χ0) is 12.3. The van der Waals surface area contributed by atoms with E-state index in [-0.39, 0.29) is 5.91 Å². The van der Waals surface area contributed by atoms with E-state index in [1.807, 2.05) is 12.1 Å². The molecular formula is C13H18N2O2. The Bertz CT molecular complexity index is 414. The van der Waals surface area contributed by atoms with Crippen LogP contribution in [0.3, 0.4) is 0 Å². The summed E-state index contributed by atoms with van der Waals surface area (Å²) in [5.74, 6) is 0.506. The fourth-order valence-corrected chi connectivity index (χ4v) is 1.83. The van der Waals surface area contributed by atoms with Gasteiger partial charge in [-0.1, -0.05) is 19.1 Å². The van der Waals surface area contributed by atoms with Gasteiger partial charge in [-0.05, 0) is 30.4 Å². The van der Waals surface area contributed by atoms with Crippen molar-refractivity contribution in [2.45, 2.75) is 38.7 Å². The Labute approximate surface area is 101 Å². The number of benzene rings is 1. The lowest BCUT2D eigenvalue weighted by Crippen LogP contribution is -2.22. The van der Waals surface area contributed by atoms with Crippen molar-refractivity contribution in [3.63, 3.8) is 0 Å². The second-order valence-corrected chi connectivity index (χ2v) is 4.36. The Morgan fingerprint density at radius 2 is 2.29 bits per heavy atom. The summed E-state index contributed by atoms with van der Waals surface area (Å²) in [7, 11) is 0. The van der Waals surface area contributed by atoms with E-state index in [0.29, 0.717) is 18.9 Å². The van der Waals surface area contributed by atoms with E-state index >= 15 is 0 Å². The predicted molar refractivity (Wildman–Crippen MR) is 66.1 cm³/mol. The summed E-state index contributed by atoms with van der Waals surface area (Å²) in [5, 5.41) is 0. The number of nitrogens with two attached hydrogens (primary N) is 1. The number of rotatable bonds is 5. The zero-order valence-electron chi connectivity index (χ0n) is 10.0. The Hall–Kier alpha value is -1.55. The number of hydrogen-bond donors (Lipinski definition) is 2. The number of hydroxylamine groups is 1. The first-order chi connectivity index (χ1) is 8.22. The van der Waals surface area contributed by atoms with E-state index < -0.39 is 0 Å². The third kappa shape index (κ3) is 2.97. The fraction of sp³-hybridized carbons (Fsp3) is 0.462. The first-order valence-electron chi connectivity index (χ1n) is 6.00. The van der Waals surface area contributed by atoms with Gasteiger partial charge in [0, 0.05) is 17.7 Å². The molecule has 1 fully saturated rings. The molecule has 0 atom stereocenters. The Morgan fingerprint density at radius 1 is 1.53 bits per heavy atom. The van der Waals surface area contributed by atoms with E-state index in [2.05, 4.69) is 11.5 Å². The molecule has 0 bridgehead atoms. The van der Waals surface area contributed by atoms with Crippen molar-refractivity contribution in [2.24, 2.45) is 0 Å². The maximum absolute atomic E-state index is 11.1. The van der Waals surface area contributed by atoms with Gasteiger partial charge in [0.1, 0.15) is 6.61 Å². The topological polar surface area (TPSA) is 64.3 Å². The molecule has 0 saturated heterocycles. The fourth-order valence-electron chi connectivity index (χ4n) is 1.83. The second-order valence-electron chi connectivity index (χ2n) is 4.36. The molecule has 1 aliphatic rings. The molecule has 4 heteroatoms. The average Bonchev–Trinajstić information content (AvgIpc) is 3.14. The summed E-state index contributed by atoms with van der Waals surface area (Å²) in [6.07, 6.45) is 2.86. The number of carbonyl (C=O) groups is 1. The molecule has 0 radical (unpaired) electrons. The van der Waals surface area contributed by atoms with Crippen LogP contribution in [0.1, 0.15) is 43.2 Å². The van der Waals surface area contributed by atoms with Crippen molar-refractivity contribution in [3.05, 3.63) is 29.3 Å². The molecule has 0 aliphatic heterocycles. The summed E-state index contributed by atoms with van der Waals surface area (Å²) in [4.78, 5) is 16.2. The van der Waals surface area contributed by atoms with Crippen LogP contribution in [0.4, 0.5) is 5.69 Å². The lowest BCUT2D eigenvalue weighted by Gasteiger charge is -2.12. The number of carbonyl (C=O) groups excluding carboxylic acids is 1. The minimum absolute atomic E-state index is 0.118. The van der Waals surface area contributed by atoms with Crippen molar-refractivity contribution in [1.29, 1.82) is 0 Å². The molecule has 17 heavy (non-hydrogen) atoms. The normalized spacial score (nSPS) is 14.6. The maximum Gasteiger partial charge on any atom is 0.243 e. The quantitative estimate of drug-likeness (QED) is 0.605. The molecule has 3 N–H and O–H groups in total. The Morgan fingerprint density at radius 3 is 2.94 bits per heavy atom. The standard InChI is InChI=1S/C13H18N2O2/c1-2-13(16)15-17-8-11-10(9-6-7-9)4-3-5-12(11)14/h3-5,9H,2,6-8,14H2,1H3,(H,15,16). The number of amides is 1. The third-order valence-corrected chi connectivity index (χ3v) is 2.99. The molecule has 0 spiro atoms. The maximum atomic E-state index is 11.1. The number of anilines is 1. The SMILES string of the molecule is CCC(=O)NOCc1c(N)cccc1C1CC1. The lowest BCUT2D eigenvalue weighted by molar-refractivity contribution is -0.134. The molecule has 1 aliphatic carbocycles. The minimum atomic E-state index is -0.118. The molecule has 1 aromatic rings. The smallest absolute Gasteiger partial charge is 0.243 e. The second kappa shape index (κ2) is 5.19. The Kier molecular flexibility index (Phi) is 3.64. The van der Waals surface area contributed by atoms with Gasteiger partial charge < -0.3 is 5.73 Å².